The maximum absolute atomic E-state index is 13.3. The molecule has 0 aliphatic carbocycles. The number of thiophene rings is 1. The van der Waals surface area contributed by atoms with E-state index in [1.54, 1.807) is 24.3 Å². The number of rotatable bonds is 10. The average molecular weight is 589 g/mol. The summed E-state index contributed by atoms with van der Waals surface area (Å²) in [4.78, 5) is 36.4. The predicted octanol–water partition coefficient (Wildman–Crippen LogP) is 4.72. The van der Waals surface area contributed by atoms with Crippen molar-refractivity contribution < 1.29 is 34.1 Å². The van der Waals surface area contributed by atoms with Crippen LogP contribution < -0.4 is 20.1 Å². The van der Waals surface area contributed by atoms with Gasteiger partial charge in [0.2, 0.25) is 0 Å². The van der Waals surface area contributed by atoms with Crippen LogP contribution in [-0.2, 0) is 9.59 Å². The van der Waals surface area contributed by atoms with Gasteiger partial charge >= 0.3 is 11.9 Å². The lowest BCUT2D eigenvalue weighted by molar-refractivity contribution is -0.139. The summed E-state index contributed by atoms with van der Waals surface area (Å²) in [5.74, 6) is -2.27. The number of carboxylic acid groups (broad SMARTS) is 2. The van der Waals surface area contributed by atoms with Crippen molar-refractivity contribution in [3.63, 3.8) is 0 Å². The third kappa shape index (κ3) is 6.68. The minimum absolute atomic E-state index is 0.0109. The second kappa shape index (κ2) is 12.2. The van der Waals surface area contributed by atoms with Gasteiger partial charge in [-0.15, -0.1) is 11.3 Å². The van der Waals surface area contributed by atoms with Gasteiger partial charge in [0.1, 0.15) is 5.75 Å². The van der Waals surface area contributed by atoms with Crippen LogP contribution in [0.15, 0.2) is 59.1 Å². The fourth-order valence-electron chi connectivity index (χ4n) is 4.09. The van der Waals surface area contributed by atoms with Gasteiger partial charge in [-0.2, -0.15) is 0 Å². The lowest BCUT2D eigenvalue weighted by Crippen LogP contribution is -2.44. The second-order valence-corrected chi connectivity index (χ2v) is 10.2. The number of para-hydroxylation sites is 1. The topological polar surface area (TPSA) is 134 Å². The van der Waals surface area contributed by atoms with Crippen LogP contribution in [0.1, 0.15) is 22.5 Å². The number of hydrogen-bond acceptors (Lipinski definition) is 7. The molecular weight excluding hydrogens is 564 g/mol. The number of carbonyl (C=O) groups is 3. The fourth-order valence-corrected chi connectivity index (χ4v) is 5.98. The number of anilines is 1. The molecule has 2 aromatic carbocycles. The number of carboxylic acids is 2. The number of halogens is 1. The van der Waals surface area contributed by atoms with E-state index in [1.807, 2.05) is 30.3 Å². The van der Waals surface area contributed by atoms with E-state index < -0.39 is 24.6 Å². The predicted molar refractivity (Wildman–Crippen MR) is 143 cm³/mol. The zero-order valence-corrected chi connectivity index (χ0v) is 22.0. The van der Waals surface area contributed by atoms with Gasteiger partial charge in [0, 0.05) is 11.6 Å². The maximum atomic E-state index is 13.3. The number of amides is 1. The number of carbonyl (C=O) groups excluding carboxylic acids is 1. The van der Waals surface area contributed by atoms with Crippen LogP contribution in [0, 0.1) is 5.92 Å². The molecule has 1 unspecified atom stereocenters. The number of aromatic carboxylic acids is 1. The first-order valence-electron chi connectivity index (χ1n) is 11.6. The molecule has 0 spiro atoms. The third-order valence-electron chi connectivity index (χ3n) is 5.81. The van der Waals surface area contributed by atoms with E-state index in [0.717, 1.165) is 37.3 Å². The Kier molecular flexibility index (Phi) is 8.80. The molecule has 0 saturated carbocycles. The minimum Gasteiger partial charge on any atom is -0.480 e. The number of piperidine rings is 1. The maximum Gasteiger partial charge on any atom is 0.349 e. The summed E-state index contributed by atoms with van der Waals surface area (Å²) in [5.41, 5.74) is 1.32. The number of aliphatic carboxylic acids is 1. The fraction of sp³-hybridized carbons (Fsp3) is 0.269. The highest BCUT2D eigenvalue weighted by Gasteiger charge is 2.32. The molecule has 3 aromatic rings. The Morgan fingerprint density at radius 2 is 1.81 bits per heavy atom. The Bertz CT molecular complexity index is 1280. The van der Waals surface area contributed by atoms with Gasteiger partial charge in [-0.3, -0.25) is 4.79 Å². The highest BCUT2D eigenvalue weighted by atomic mass is 79.9. The van der Waals surface area contributed by atoms with Crippen molar-refractivity contribution in [1.29, 1.82) is 0 Å². The first-order valence-corrected chi connectivity index (χ1v) is 13.2. The molecule has 194 valence electrons. The standard InChI is InChI=1S/C26H25BrN2O7S/c27-20-22(35-14-19(30)31)24(26(33)34)37-23(20)16-5-4-8-18(13-16)36-21(15-9-11-28-12-10-15)25(32)29-17-6-2-1-3-7-17/h1-8,13,15,21,28H,9-12,14H2,(H,29,32)(H,30,31)(H,33,34). The van der Waals surface area contributed by atoms with Crippen molar-refractivity contribution >= 4 is 50.8 Å². The molecule has 9 nitrogen and oxygen atoms in total. The van der Waals surface area contributed by atoms with Gasteiger partial charge in [0.05, 0.1) is 9.35 Å². The highest BCUT2D eigenvalue weighted by Crippen LogP contribution is 2.46. The van der Waals surface area contributed by atoms with E-state index in [9.17, 15) is 19.5 Å². The molecule has 2 heterocycles. The molecule has 1 amide bonds. The molecule has 11 heteroatoms. The van der Waals surface area contributed by atoms with E-state index in [0.29, 0.717) is 26.4 Å². The summed E-state index contributed by atoms with van der Waals surface area (Å²) < 4.78 is 11.9. The smallest absolute Gasteiger partial charge is 0.349 e. The van der Waals surface area contributed by atoms with Crippen LogP contribution >= 0.6 is 27.3 Å². The molecule has 1 aliphatic rings. The van der Waals surface area contributed by atoms with Crippen LogP contribution in [-0.4, -0.2) is 53.9 Å². The van der Waals surface area contributed by atoms with Crippen LogP contribution in [0.5, 0.6) is 11.5 Å². The number of benzene rings is 2. The van der Waals surface area contributed by atoms with Gasteiger partial charge < -0.3 is 30.3 Å². The van der Waals surface area contributed by atoms with Crippen LogP contribution in [0.4, 0.5) is 5.69 Å². The Morgan fingerprint density at radius 3 is 2.49 bits per heavy atom. The molecule has 37 heavy (non-hydrogen) atoms. The molecule has 4 rings (SSSR count). The Labute approximate surface area is 225 Å². The SMILES string of the molecule is O=C(O)COc1c(C(=O)O)sc(-c2cccc(OC(C(=O)Nc3ccccc3)C3CCNCC3)c2)c1Br. The summed E-state index contributed by atoms with van der Waals surface area (Å²) in [6, 6.07) is 16.2. The zero-order chi connectivity index (χ0) is 26.4. The highest BCUT2D eigenvalue weighted by molar-refractivity contribution is 9.10. The summed E-state index contributed by atoms with van der Waals surface area (Å²) in [5, 5.41) is 24.8. The lowest BCUT2D eigenvalue weighted by atomic mass is 9.91. The molecule has 1 aromatic heterocycles. The van der Waals surface area contributed by atoms with Gasteiger partial charge in [0.15, 0.2) is 23.3 Å². The summed E-state index contributed by atoms with van der Waals surface area (Å²) in [6.45, 7) is 0.914. The van der Waals surface area contributed by atoms with Gasteiger partial charge in [-0.1, -0.05) is 30.3 Å². The average Bonchev–Trinajstić information content (AvgIpc) is 3.23. The van der Waals surface area contributed by atoms with Crippen molar-refractivity contribution in [1.82, 2.24) is 5.32 Å². The molecule has 1 fully saturated rings. The van der Waals surface area contributed by atoms with E-state index in [4.69, 9.17) is 14.6 Å². The van der Waals surface area contributed by atoms with Crippen molar-refractivity contribution in [2.24, 2.45) is 5.92 Å². The Balaban J connectivity index is 1.61. The number of nitrogens with one attached hydrogen (secondary N) is 2. The van der Waals surface area contributed by atoms with Crippen molar-refractivity contribution in [3.05, 3.63) is 63.9 Å². The summed E-state index contributed by atoms with van der Waals surface area (Å²) >= 11 is 4.33. The molecule has 1 aliphatic heterocycles. The van der Waals surface area contributed by atoms with Crippen molar-refractivity contribution in [2.75, 3.05) is 25.0 Å². The van der Waals surface area contributed by atoms with E-state index in [2.05, 4.69) is 26.6 Å². The van der Waals surface area contributed by atoms with Gasteiger partial charge in [-0.05, 0) is 71.7 Å². The van der Waals surface area contributed by atoms with E-state index >= 15 is 0 Å². The monoisotopic (exact) mass is 588 g/mol. The molecule has 1 saturated heterocycles. The summed E-state index contributed by atoms with van der Waals surface area (Å²) in [6.07, 6.45) is 0.846. The molecule has 1 atom stereocenters. The second-order valence-electron chi connectivity index (χ2n) is 8.40. The normalized spacial score (nSPS) is 14.5. The van der Waals surface area contributed by atoms with Gasteiger partial charge in [-0.25, -0.2) is 9.59 Å². The first kappa shape index (κ1) is 26.6. The number of hydrogen-bond donors (Lipinski definition) is 4. The zero-order valence-electron chi connectivity index (χ0n) is 19.6. The molecule has 0 radical (unpaired) electrons. The molecule has 4 N–H and O–H groups in total. The minimum atomic E-state index is -1.23. The molecule has 0 bridgehead atoms. The summed E-state index contributed by atoms with van der Waals surface area (Å²) in [7, 11) is 0. The van der Waals surface area contributed by atoms with Crippen molar-refractivity contribution in [3.8, 4) is 21.9 Å². The molecular formula is C26H25BrN2O7S. The number of ether oxygens (including phenoxy) is 2. The third-order valence-corrected chi connectivity index (χ3v) is 8.04. The lowest BCUT2D eigenvalue weighted by Gasteiger charge is -2.30. The Morgan fingerprint density at radius 1 is 1.08 bits per heavy atom. The quantitative estimate of drug-likeness (QED) is 0.267. The largest absolute Gasteiger partial charge is 0.480 e. The first-order chi connectivity index (χ1) is 17.8. The van der Waals surface area contributed by atoms with Crippen LogP contribution in [0.2, 0.25) is 0 Å². The van der Waals surface area contributed by atoms with Crippen molar-refractivity contribution in [2.45, 2.75) is 18.9 Å². The van der Waals surface area contributed by atoms with Crippen LogP contribution in [0.25, 0.3) is 10.4 Å². The Hall–Kier alpha value is -3.41. The van der Waals surface area contributed by atoms with Crippen LogP contribution in [0.3, 0.4) is 0 Å². The van der Waals surface area contributed by atoms with E-state index in [1.165, 1.54) is 0 Å². The van der Waals surface area contributed by atoms with E-state index in [-0.39, 0.29) is 22.5 Å². The van der Waals surface area contributed by atoms with Gasteiger partial charge in [0.25, 0.3) is 5.91 Å².